The van der Waals surface area contributed by atoms with Crippen LogP contribution in [0.2, 0.25) is 0 Å². The van der Waals surface area contributed by atoms with Gasteiger partial charge in [-0.15, -0.1) is 0 Å². The molecule has 6 nitrogen and oxygen atoms in total. The number of amides is 1. The Hall–Kier alpha value is -3.36. The van der Waals surface area contributed by atoms with Crippen LogP contribution in [0.5, 0.6) is 5.75 Å². The summed E-state index contributed by atoms with van der Waals surface area (Å²) in [5.41, 5.74) is 2.87. The number of carboxylic acids is 1. The molecule has 0 unspecified atom stereocenters. The van der Waals surface area contributed by atoms with Gasteiger partial charge in [-0.05, 0) is 10.9 Å². The molecule has 0 aromatic heterocycles. The van der Waals surface area contributed by atoms with Crippen molar-refractivity contribution in [2.45, 2.75) is 13.5 Å². The third-order valence-corrected chi connectivity index (χ3v) is 6.89. The first kappa shape index (κ1) is 26.7. The molecule has 1 aliphatic rings. The van der Waals surface area contributed by atoms with Gasteiger partial charge in [-0.2, -0.15) is 0 Å². The molecule has 0 saturated heterocycles. The first-order chi connectivity index (χ1) is 17.9. The molecule has 8 heteroatoms. The summed E-state index contributed by atoms with van der Waals surface area (Å²) in [5.74, 6) is -0.341. The third kappa shape index (κ3) is 7.81. The summed E-state index contributed by atoms with van der Waals surface area (Å²) in [4.78, 5) is 26.4. The second-order valence-electron chi connectivity index (χ2n) is 8.35. The average Bonchev–Trinajstić information content (AvgIpc) is 3.22. The van der Waals surface area contributed by atoms with Gasteiger partial charge in [0, 0.05) is 6.92 Å². The van der Waals surface area contributed by atoms with Crippen LogP contribution in [0.1, 0.15) is 18.1 Å². The fourth-order valence-corrected chi connectivity index (χ4v) is 4.73. The zero-order valence-electron chi connectivity index (χ0n) is 20.5. The average molecular weight is 519 g/mol. The van der Waals surface area contributed by atoms with E-state index in [9.17, 15) is 4.79 Å². The van der Waals surface area contributed by atoms with Crippen LogP contribution in [0.25, 0.3) is 16.8 Å². The molecule has 1 amide bonds. The molecule has 180 valence electrons. The zero-order valence-corrected chi connectivity index (χ0v) is 23.3. The minimum Gasteiger partial charge on any atom is -0.0622 e. The van der Waals surface area contributed by atoms with Crippen molar-refractivity contribution in [3.63, 3.8) is 0 Å². The van der Waals surface area contributed by atoms with Crippen molar-refractivity contribution < 1.29 is 19.4 Å². The molecule has 5 rings (SSSR count). The molecule has 0 saturated carbocycles. The zero-order chi connectivity index (χ0) is 26.2. The Morgan fingerprint density at radius 1 is 1.00 bits per heavy atom. The summed E-state index contributed by atoms with van der Waals surface area (Å²) in [6.07, 6.45) is 1.87. The van der Waals surface area contributed by atoms with Crippen LogP contribution in [0.3, 0.4) is 0 Å². The number of ether oxygens (including phenoxy) is 1. The number of carbonyl (C=O) groups excluding carboxylic acids is 1. The van der Waals surface area contributed by atoms with E-state index in [-0.39, 0.29) is 5.91 Å². The maximum atomic E-state index is 12.6. The van der Waals surface area contributed by atoms with E-state index in [0.29, 0.717) is 16.7 Å². The number of thioether (sulfide) groups is 1. The molecule has 4 aromatic rings. The number of fused-ring (bicyclic) bond motifs is 1. The van der Waals surface area contributed by atoms with Gasteiger partial charge in [-0.25, -0.2) is 0 Å². The Morgan fingerprint density at radius 2 is 1.62 bits per heavy atom. The number of carboxylic acid groups (broad SMARTS) is 1. The molecule has 0 atom stereocenters. The number of nitrogens with one attached hydrogen (secondary N) is 1. The second kappa shape index (κ2) is 12.7. The minimum absolute atomic E-state index is 0.246. The minimum atomic E-state index is -0.833. The van der Waals surface area contributed by atoms with Gasteiger partial charge in [0.25, 0.3) is 5.97 Å². The molecule has 0 bridgehead atoms. The van der Waals surface area contributed by atoms with Crippen molar-refractivity contribution in [2.24, 2.45) is 4.99 Å². The number of amidine groups is 1. The Morgan fingerprint density at radius 3 is 2.30 bits per heavy atom. The van der Waals surface area contributed by atoms with E-state index in [4.69, 9.17) is 14.6 Å². The Bertz CT molecular complexity index is 1480. The smallest absolute Gasteiger partial charge is 0.0622 e. The van der Waals surface area contributed by atoms with Crippen LogP contribution < -0.4 is 12.9 Å². The van der Waals surface area contributed by atoms with E-state index in [1.807, 2.05) is 66.7 Å². The predicted molar refractivity (Wildman–Crippen MR) is 151 cm³/mol. The van der Waals surface area contributed by atoms with Crippen LogP contribution in [0, 0.1) is 0 Å². The van der Waals surface area contributed by atoms with Gasteiger partial charge in [-0.3, -0.25) is 4.79 Å². The van der Waals surface area contributed by atoms with Crippen LogP contribution in [-0.4, -0.2) is 50.1 Å². The molecular formula is C29H23N2NaO4S. The first-order valence-corrected chi connectivity index (χ1v) is 13.4. The van der Waals surface area contributed by atoms with E-state index in [0.717, 1.165) is 68.2 Å². The molecule has 0 aliphatic carbocycles. The molecular weight excluding hydrogens is 495 g/mol. The Balaban J connectivity index is 0.000000747. The van der Waals surface area contributed by atoms with Gasteiger partial charge < -0.3 is 5.11 Å². The van der Waals surface area contributed by atoms with Gasteiger partial charge in [0.05, 0.1) is 0 Å². The van der Waals surface area contributed by atoms with Crippen molar-refractivity contribution in [1.82, 2.24) is 0 Å². The van der Waals surface area contributed by atoms with Crippen molar-refractivity contribution in [1.29, 1.82) is 0 Å². The standard InChI is InChI=1S/C27H19N2O2S.C2H4O2.Na/c30-26-25(32-27(29-26)28-23-13-5-2-6-14-23)17-22-15-20-11-7-8-12-21(20)16-24(22)31-18-19-9-3-1-4-10-19;1-2(3)4;/h1,3-17H,18H2,(H,28,29,30);1H3,(H,3,4);/b25-17+;;. The van der Waals surface area contributed by atoms with Gasteiger partial charge in [0.15, 0.2) is 0 Å². The summed E-state index contributed by atoms with van der Waals surface area (Å²) in [6.45, 7) is 1.54. The summed E-state index contributed by atoms with van der Waals surface area (Å²) in [5, 5.41) is 13.4. The second-order valence-corrected chi connectivity index (χ2v) is 10.5. The normalized spacial score (nSPS) is 13.6. The van der Waals surface area contributed by atoms with Crippen molar-refractivity contribution >= 4 is 82.1 Å². The van der Waals surface area contributed by atoms with Gasteiger partial charge in [-0.1, -0.05) is 54.6 Å². The predicted octanol–water partition coefficient (Wildman–Crippen LogP) is 5.39. The van der Waals surface area contributed by atoms with E-state index >= 15 is 0 Å². The van der Waals surface area contributed by atoms with Gasteiger partial charge in [0.2, 0.25) is 0 Å². The van der Waals surface area contributed by atoms with Crippen LogP contribution in [0.15, 0.2) is 101 Å². The van der Waals surface area contributed by atoms with Gasteiger partial charge >= 0.3 is 143 Å². The molecule has 0 spiro atoms. The summed E-state index contributed by atoms with van der Waals surface area (Å²) in [6, 6.07) is 30.5. The van der Waals surface area contributed by atoms with E-state index in [2.05, 4.69) is 40.6 Å². The van der Waals surface area contributed by atoms with Crippen molar-refractivity contribution in [2.75, 3.05) is 5.32 Å². The van der Waals surface area contributed by atoms with E-state index in [1.165, 1.54) is 14.6 Å². The number of carbonyl (C=O) groups is 2. The number of aliphatic imine (C=N–C) groups is 1. The van der Waals surface area contributed by atoms with Crippen molar-refractivity contribution in [3.05, 3.63) is 107 Å². The van der Waals surface area contributed by atoms with Crippen LogP contribution in [0.4, 0.5) is 5.69 Å². The third-order valence-electron chi connectivity index (χ3n) is 5.33. The fraction of sp³-hybridized carbons (Fsp3) is 0.0690. The molecule has 2 N–H and O–H groups in total. The number of aliphatic carboxylic acids is 1. The number of benzene rings is 4. The molecule has 4 aromatic carbocycles. The summed E-state index contributed by atoms with van der Waals surface area (Å²) < 4.78 is 7.51. The Kier molecular flexibility index (Phi) is 9.19. The van der Waals surface area contributed by atoms with Crippen molar-refractivity contribution in [3.8, 4) is 5.75 Å². The monoisotopic (exact) mass is 518 g/mol. The number of hydrogen-bond acceptors (Lipinski definition) is 5. The fourth-order valence-electron chi connectivity index (χ4n) is 3.57. The van der Waals surface area contributed by atoms with Gasteiger partial charge in [0.1, 0.15) is 6.61 Å². The molecule has 37 heavy (non-hydrogen) atoms. The number of hydrogen-bond donors (Lipinski definition) is 2. The van der Waals surface area contributed by atoms with Crippen LogP contribution in [-0.2, 0) is 16.2 Å². The topological polar surface area (TPSA) is 88.0 Å². The number of anilines is 1. The molecule has 0 radical (unpaired) electrons. The van der Waals surface area contributed by atoms with E-state index in [1.54, 1.807) is 0 Å². The maximum absolute atomic E-state index is 12.6. The SMILES string of the molecule is CC(=O)O.O=C1N=C(Nc2cc[c]([Na])cc2)S/C1=C/c1cc2ccccc2cc1OCc1ccccc1. The number of nitrogens with zero attached hydrogens (tertiary/aromatic N) is 1. The van der Waals surface area contributed by atoms with Crippen LogP contribution >= 0.6 is 11.8 Å². The molecule has 0 fully saturated rings. The molecule has 1 aliphatic heterocycles. The van der Waals surface area contributed by atoms with E-state index < -0.39 is 5.97 Å². The quantitative estimate of drug-likeness (QED) is 0.272. The molecule has 1 heterocycles. The summed E-state index contributed by atoms with van der Waals surface area (Å²) >= 11 is 2.35. The first-order valence-electron chi connectivity index (χ1n) is 11.6. The Labute approximate surface area is 236 Å². The number of rotatable bonds is 5. The summed E-state index contributed by atoms with van der Waals surface area (Å²) in [7, 11) is 0.